The maximum atomic E-state index is 13.2. The number of nitrogens with one attached hydrogen (secondary N) is 2. The van der Waals surface area contributed by atoms with Gasteiger partial charge in [-0.3, -0.25) is 14.4 Å². The highest BCUT2D eigenvalue weighted by atomic mass is 16.4. The number of carbonyl (C=O) groups excluding carboxylic acids is 3. The van der Waals surface area contributed by atoms with Crippen molar-refractivity contribution in [3.8, 4) is 5.75 Å². The summed E-state index contributed by atoms with van der Waals surface area (Å²) in [7, 11) is 0. The van der Waals surface area contributed by atoms with Gasteiger partial charge >= 0.3 is 5.97 Å². The molecule has 1 aliphatic rings. The summed E-state index contributed by atoms with van der Waals surface area (Å²) in [5.74, 6) is -2.76. The number of carboxylic acid groups (broad SMARTS) is 1. The first-order valence-corrected chi connectivity index (χ1v) is 12.4. The highest BCUT2D eigenvalue weighted by Gasteiger charge is 2.39. The predicted molar refractivity (Wildman–Crippen MR) is 134 cm³/mol. The highest BCUT2D eigenvalue weighted by molar-refractivity contribution is 5.94. The number of carbonyl (C=O) groups is 4. The van der Waals surface area contributed by atoms with Gasteiger partial charge in [0.15, 0.2) is 0 Å². The molecule has 4 atom stereocenters. The third-order valence-electron chi connectivity index (χ3n) is 6.36. The van der Waals surface area contributed by atoms with Gasteiger partial charge in [0.2, 0.25) is 17.7 Å². The molecule has 0 saturated carbocycles. The number of carboxylic acids is 1. The van der Waals surface area contributed by atoms with Crippen molar-refractivity contribution in [2.45, 2.75) is 76.5 Å². The zero-order valence-corrected chi connectivity index (χ0v) is 21.0. The van der Waals surface area contributed by atoms with Crippen molar-refractivity contribution in [3.05, 3.63) is 29.8 Å². The van der Waals surface area contributed by atoms with Gasteiger partial charge in [0, 0.05) is 6.54 Å². The van der Waals surface area contributed by atoms with E-state index in [4.69, 9.17) is 11.5 Å². The Labute approximate surface area is 211 Å². The Morgan fingerprint density at radius 1 is 1.08 bits per heavy atom. The number of phenolic OH excluding ortho intramolecular Hbond substituents is 1. The van der Waals surface area contributed by atoms with Gasteiger partial charge in [-0.1, -0.05) is 26.0 Å². The topological polar surface area (TPSA) is 188 Å². The fraction of sp³-hybridized carbons (Fsp3) is 0.600. The van der Waals surface area contributed by atoms with E-state index < -0.39 is 47.9 Å². The SMILES string of the molecule is CC(C)C(NC(=O)C(CCCCN)NC(=O)C(N)Cc1ccc(O)cc1)C(=O)N1CCCC1C(=O)O. The fourth-order valence-corrected chi connectivity index (χ4v) is 4.25. The normalized spacial score (nSPS) is 17.9. The third kappa shape index (κ3) is 8.20. The zero-order chi connectivity index (χ0) is 26.8. The Hall–Kier alpha value is -3.18. The minimum absolute atomic E-state index is 0.103. The molecule has 2 rings (SSSR count). The smallest absolute Gasteiger partial charge is 0.326 e. The summed E-state index contributed by atoms with van der Waals surface area (Å²) in [5, 5.41) is 24.3. The van der Waals surface area contributed by atoms with Gasteiger partial charge in [-0.15, -0.1) is 0 Å². The summed E-state index contributed by atoms with van der Waals surface area (Å²) in [5.41, 5.74) is 12.4. The minimum Gasteiger partial charge on any atom is -0.508 e. The second-order valence-electron chi connectivity index (χ2n) is 9.58. The Balaban J connectivity index is 2.10. The second-order valence-corrected chi connectivity index (χ2v) is 9.58. The largest absolute Gasteiger partial charge is 0.508 e. The van der Waals surface area contributed by atoms with Gasteiger partial charge < -0.3 is 37.2 Å². The summed E-state index contributed by atoms with van der Waals surface area (Å²) in [4.78, 5) is 52.1. The van der Waals surface area contributed by atoms with Gasteiger partial charge in [-0.05, 0) is 68.7 Å². The lowest BCUT2D eigenvalue weighted by Gasteiger charge is -2.31. The van der Waals surface area contributed by atoms with Crippen LogP contribution in [0.3, 0.4) is 0 Å². The summed E-state index contributed by atoms with van der Waals surface area (Å²) >= 11 is 0. The molecule has 1 aliphatic heterocycles. The molecule has 200 valence electrons. The first-order valence-electron chi connectivity index (χ1n) is 12.4. The predicted octanol–water partition coefficient (Wildman–Crippen LogP) is 0.0922. The van der Waals surface area contributed by atoms with Crippen LogP contribution >= 0.6 is 0 Å². The van der Waals surface area contributed by atoms with E-state index in [2.05, 4.69) is 10.6 Å². The average Bonchev–Trinajstić information content (AvgIpc) is 3.33. The van der Waals surface area contributed by atoms with Crippen LogP contribution in [0.2, 0.25) is 0 Å². The highest BCUT2D eigenvalue weighted by Crippen LogP contribution is 2.20. The lowest BCUT2D eigenvalue weighted by Crippen LogP contribution is -2.58. The van der Waals surface area contributed by atoms with Crippen LogP contribution in [0.1, 0.15) is 51.5 Å². The zero-order valence-electron chi connectivity index (χ0n) is 21.0. The molecule has 8 N–H and O–H groups in total. The lowest BCUT2D eigenvalue weighted by molar-refractivity contribution is -0.150. The van der Waals surface area contributed by atoms with Crippen molar-refractivity contribution in [2.24, 2.45) is 17.4 Å². The van der Waals surface area contributed by atoms with E-state index in [1.807, 2.05) is 0 Å². The van der Waals surface area contributed by atoms with Crippen molar-refractivity contribution in [3.63, 3.8) is 0 Å². The maximum absolute atomic E-state index is 13.2. The first kappa shape index (κ1) is 29.1. The number of benzene rings is 1. The molecule has 1 heterocycles. The van der Waals surface area contributed by atoms with Crippen LogP contribution < -0.4 is 22.1 Å². The molecule has 1 saturated heterocycles. The Kier molecular flexibility index (Phi) is 11.1. The van der Waals surface area contributed by atoms with Crippen LogP contribution in [-0.4, -0.2) is 76.1 Å². The van der Waals surface area contributed by atoms with Crippen LogP contribution in [0, 0.1) is 5.92 Å². The molecular weight excluding hydrogens is 466 g/mol. The molecule has 0 bridgehead atoms. The van der Waals surface area contributed by atoms with Gasteiger partial charge in [-0.25, -0.2) is 4.79 Å². The number of likely N-dealkylation sites (tertiary alicyclic amines) is 1. The van der Waals surface area contributed by atoms with Gasteiger partial charge in [0.1, 0.15) is 23.9 Å². The Morgan fingerprint density at radius 2 is 1.75 bits per heavy atom. The van der Waals surface area contributed by atoms with Crippen LogP contribution in [-0.2, 0) is 25.6 Å². The first-order chi connectivity index (χ1) is 17.0. The number of aliphatic carboxylic acids is 1. The molecule has 0 radical (unpaired) electrons. The van der Waals surface area contributed by atoms with Crippen molar-refractivity contribution < 1.29 is 29.4 Å². The molecule has 0 aromatic heterocycles. The van der Waals surface area contributed by atoms with Crippen molar-refractivity contribution in [1.29, 1.82) is 0 Å². The number of rotatable bonds is 13. The van der Waals surface area contributed by atoms with E-state index in [1.54, 1.807) is 26.0 Å². The van der Waals surface area contributed by atoms with Gasteiger partial charge in [0.05, 0.1) is 6.04 Å². The molecule has 1 aromatic carbocycles. The molecule has 36 heavy (non-hydrogen) atoms. The molecule has 4 unspecified atom stereocenters. The van der Waals surface area contributed by atoms with Crippen molar-refractivity contribution >= 4 is 23.7 Å². The summed E-state index contributed by atoms with van der Waals surface area (Å²) in [6.07, 6.45) is 2.70. The number of phenols is 1. The van der Waals surface area contributed by atoms with E-state index in [1.165, 1.54) is 17.0 Å². The van der Waals surface area contributed by atoms with Gasteiger partial charge in [0.25, 0.3) is 0 Å². The number of amides is 3. The number of hydrogen-bond donors (Lipinski definition) is 6. The van der Waals surface area contributed by atoms with Gasteiger partial charge in [-0.2, -0.15) is 0 Å². The molecule has 11 nitrogen and oxygen atoms in total. The molecular formula is C25H39N5O6. The van der Waals surface area contributed by atoms with Crippen LogP contribution in [0.25, 0.3) is 0 Å². The molecule has 1 aromatic rings. The maximum Gasteiger partial charge on any atom is 0.326 e. The van der Waals surface area contributed by atoms with E-state index in [-0.39, 0.29) is 18.1 Å². The average molecular weight is 506 g/mol. The fourth-order valence-electron chi connectivity index (χ4n) is 4.25. The van der Waals surface area contributed by atoms with Crippen molar-refractivity contribution in [1.82, 2.24) is 15.5 Å². The molecule has 11 heteroatoms. The van der Waals surface area contributed by atoms with E-state index in [0.29, 0.717) is 45.2 Å². The number of nitrogens with two attached hydrogens (primary N) is 2. The number of nitrogens with zero attached hydrogens (tertiary/aromatic N) is 1. The summed E-state index contributed by atoms with van der Waals surface area (Å²) < 4.78 is 0. The van der Waals surface area contributed by atoms with E-state index in [0.717, 1.165) is 5.56 Å². The summed E-state index contributed by atoms with van der Waals surface area (Å²) in [6.45, 7) is 4.29. The number of unbranched alkanes of at least 4 members (excludes halogenated alkanes) is 1. The molecule has 1 fully saturated rings. The van der Waals surface area contributed by atoms with E-state index >= 15 is 0 Å². The van der Waals surface area contributed by atoms with Crippen LogP contribution in [0.15, 0.2) is 24.3 Å². The van der Waals surface area contributed by atoms with Crippen LogP contribution in [0.5, 0.6) is 5.75 Å². The standard InChI is InChI=1S/C25H39N5O6/c1-15(2)21(24(34)30-13-5-7-20(30)25(35)36)29-23(33)19(6-3-4-12-26)28-22(32)18(27)14-16-8-10-17(31)11-9-16/h8-11,15,18-21,31H,3-7,12-14,26-27H2,1-2H3,(H,28,32)(H,29,33)(H,35,36). The lowest BCUT2D eigenvalue weighted by atomic mass is 10.00. The Bertz CT molecular complexity index is 907. The second kappa shape index (κ2) is 13.8. The minimum atomic E-state index is -1.07. The molecule has 3 amide bonds. The monoisotopic (exact) mass is 505 g/mol. The van der Waals surface area contributed by atoms with Crippen LogP contribution in [0.4, 0.5) is 0 Å². The Morgan fingerprint density at radius 3 is 2.33 bits per heavy atom. The van der Waals surface area contributed by atoms with Crippen molar-refractivity contribution in [2.75, 3.05) is 13.1 Å². The third-order valence-corrected chi connectivity index (χ3v) is 6.36. The molecule has 0 aliphatic carbocycles. The number of hydrogen-bond acceptors (Lipinski definition) is 7. The molecule has 0 spiro atoms. The summed E-state index contributed by atoms with van der Waals surface area (Å²) in [6, 6.07) is 2.62. The number of aromatic hydroxyl groups is 1. The van der Waals surface area contributed by atoms with E-state index in [9.17, 15) is 29.4 Å². The quantitative estimate of drug-likeness (QED) is 0.203.